The van der Waals surface area contributed by atoms with Crippen LogP contribution in [0.3, 0.4) is 0 Å². The van der Waals surface area contributed by atoms with Crippen molar-refractivity contribution >= 4 is 0 Å². The summed E-state index contributed by atoms with van der Waals surface area (Å²) in [6.07, 6.45) is 15.8. The number of rotatable bonds is 15. The van der Waals surface area contributed by atoms with Crippen molar-refractivity contribution in [1.82, 2.24) is 0 Å². The fourth-order valence-corrected chi connectivity index (χ4v) is 3.12. The maximum absolute atomic E-state index is 6.04. The molecule has 1 aromatic rings. The molecule has 0 saturated heterocycles. The van der Waals surface area contributed by atoms with Gasteiger partial charge in [0.25, 0.3) is 0 Å². The Bertz CT molecular complexity index is 657. The lowest BCUT2D eigenvalue weighted by Crippen LogP contribution is -2.04. The van der Waals surface area contributed by atoms with Crippen molar-refractivity contribution in [3.8, 4) is 11.5 Å². The number of benzene rings is 1. The minimum atomic E-state index is 0.496. The van der Waals surface area contributed by atoms with Gasteiger partial charge in [0.1, 0.15) is 24.7 Å². The van der Waals surface area contributed by atoms with E-state index < -0.39 is 0 Å². The van der Waals surface area contributed by atoms with E-state index in [1.54, 1.807) is 12.2 Å². The topological polar surface area (TPSA) is 18.5 Å². The molecule has 2 nitrogen and oxygen atoms in total. The van der Waals surface area contributed by atoms with E-state index in [-0.39, 0.29) is 0 Å². The third-order valence-corrected chi connectivity index (χ3v) is 4.76. The van der Waals surface area contributed by atoms with E-state index in [4.69, 9.17) is 9.47 Å². The van der Waals surface area contributed by atoms with Gasteiger partial charge in [0.05, 0.1) is 0 Å². The zero-order valence-corrected chi connectivity index (χ0v) is 19.1. The van der Waals surface area contributed by atoms with Crippen molar-refractivity contribution in [2.24, 2.45) is 0 Å². The predicted octanol–water partition coefficient (Wildman–Crippen LogP) is 7.78. The molecule has 0 atom stereocenters. The molecule has 0 aromatic heterocycles. The van der Waals surface area contributed by atoms with E-state index in [0.29, 0.717) is 13.2 Å². The molecule has 1 aromatic carbocycles. The lowest BCUT2D eigenvalue weighted by Gasteiger charge is -2.17. The van der Waals surface area contributed by atoms with E-state index in [9.17, 15) is 0 Å². The molecule has 0 aliphatic heterocycles. The molecule has 1 rings (SSSR count). The lowest BCUT2D eigenvalue weighted by atomic mass is 10.00. The van der Waals surface area contributed by atoms with Crippen LogP contribution < -0.4 is 9.47 Å². The van der Waals surface area contributed by atoms with Gasteiger partial charge in [-0.25, -0.2) is 0 Å². The fourth-order valence-electron chi connectivity index (χ4n) is 3.12. The maximum Gasteiger partial charge on any atom is 0.127 e. The first-order valence-electron chi connectivity index (χ1n) is 10.9. The minimum Gasteiger partial charge on any atom is -0.489 e. The number of allylic oxidation sites excluding steroid dienone is 4. The number of unbranched alkanes of at least 4 members (excludes halogenated alkanes) is 2. The molecule has 0 bridgehead atoms. The Morgan fingerprint density at radius 3 is 2.07 bits per heavy atom. The Labute approximate surface area is 179 Å². The Morgan fingerprint density at radius 1 is 0.931 bits per heavy atom. The van der Waals surface area contributed by atoms with Crippen LogP contribution in [0, 0.1) is 0 Å². The van der Waals surface area contributed by atoms with E-state index in [0.717, 1.165) is 42.7 Å². The van der Waals surface area contributed by atoms with Crippen molar-refractivity contribution in [2.75, 3.05) is 13.2 Å². The first-order chi connectivity index (χ1) is 14.0. The van der Waals surface area contributed by atoms with E-state index >= 15 is 0 Å². The van der Waals surface area contributed by atoms with Gasteiger partial charge in [-0.2, -0.15) is 0 Å². The standard InChI is InChI=1S/C27H40O2/c1-7-10-11-15-24-20-26(28-18-8-2)25(27(21-24)29-19-9-3)17-16-23(6)14-12-13-22(4)5/h8-9,13,16,20-21H,2-3,7,10-12,14-15,17-19H2,1,4-6H3/b23-16+. The summed E-state index contributed by atoms with van der Waals surface area (Å²) in [5.41, 5.74) is 5.13. The molecular formula is C27H40O2. The van der Waals surface area contributed by atoms with Gasteiger partial charge in [-0.05, 0) is 70.6 Å². The normalized spacial score (nSPS) is 11.1. The second-order valence-electron chi connectivity index (χ2n) is 7.80. The zero-order valence-electron chi connectivity index (χ0n) is 19.1. The number of aryl methyl sites for hydroxylation is 1. The second kappa shape index (κ2) is 14.7. The van der Waals surface area contributed by atoms with Gasteiger partial charge in [0.15, 0.2) is 0 Å². The molecule has 160 valence electrons. The first kappa shape index (κ1) is 24.8. The van der Waals surface area contributed by atoms with E-state index in [1.165, 1.54) is 36.0 Å². The molecule has 0 aliphatic carbocycles. The van der Waals surface area contributed by atoms with Crippen LogP contribution in [0.5, 0.6) is 11.5 Å². The molecule has 0 unspecified atom stereocenters. The molecule has 2 heteroatoms. The first-order valence-corrected chi connectivity index (χ1v) is 10.9. The summed E-state index contributed by atoms with van der Waals surface area (Å²) in [6.45, 7) is 17.3. The summed E-state index contributed by atoms with van der Waals surface area (Å²) in [5.74, 6) is 1.82. The van der Waals surface area contributed by atoms with Crippen molar-refractivity contribution in [3.05, 3.63) is 71.9 Å². The molecule has 0 saturated carbocycles. The van der Waals surface area contributed by atoms with Gasteiger partial charge in [-0.1, -0.05) is 68.4 Å². The summed E-state index contributed by atoms with van der Waals surface area (Å²) < 4.78 is 12.1. The summed E-state index contributed by atoms with van der Waals surface area (Å²) >= 11 is 0. The third kappa shape index (κ3) is 10.2. The summed E-state index contributed by atoms with van der Waals surface area (Å²) in [7, 11) is 0. The fraction of sp³-hybridized carbons (Fsp3) is 0.481. The van der Waals surface area contributed by atoms with Gasteiger partial charge >= 0.3 is 0 Å². The number of hydrogen-bond acceptors (Lipinski definition) is 2. The highest BCUT2D eigenvalue weighted by Crippen LogP contribution is 2.33. The molecular weight excluding hydrogens is 356 g/mol. The smallest absolute Gasteiger partial charge is 0.127 e. The van der Waals surface area contributed by atoms with Crippen LogP contribution in [0.2, 0.25) is 0 Å². The Kier molecular flexibility index (Phi) is 12.6. The van der Waals surface area contributed by atoms with Crippen LogP contribution in [0.1, 0.15) is 70.9 Å². The van der Waals surface area contributed by atoms with Crippen LogP contribution in [0.25, 0.3) is 0 Å². The molecule has 0 aliphatic rings. The lowest BCUT2D eigenvalue weighted by molar-refractivity contribution is 0.338. The highest BCUT2D eigenvalue weighted by molar-refractivity contribution is 5.49. The number of hydrogen-bond donors (Lipinski definition) is 0. The van der Waals surface area contributed by atoms with Gasteiger partial charge in [-0.3, -0.25) is 0 Å². The maximum atomic E-state index is 6.04. The Morgan fingerprint density at radius 2 is 1.55 bits per heavy atom. The zero-order chi connectivity index (χ0) is 21.5. The Hall–Kier alpha value is -2.22. The second-order valence-corrected chi connectivity index (χ2v) is 7.80. The van der Waals surface area contributed by atoms with Gasteiger partial charge < -0.3 is 9.47 Å². The SMILES string of the molecule is C=CCOc1cc(CCCCC)cc(OCC=C)c1C/C=C(\C)CCC=C(C)C. The largest absolute Gasteiger partial charge is 0.489 e. The Balaban J connectivity index is 3.11. The summed E-state index contributed by atoms with van der Waals surface area (Å²) in [5, 5.41) is 0. The highest BCUT2D eigenvalue weighted by atomic mass is 16.5. The minimum absolute atomic E-state index is 0.496. The van der Waals surface area contributed by atoms with Crippen LogP contribution in [-0.4, -0.2) is 13.2 Å². The van der Waals surface area contributed by atoms with E-state index in [1.807, 2.05) is 0 Å². The predicted molar refractivity (Wildman–Crippen MR) is 127 cm³/mol. The average Bonchev–Trinajstić information content (AvgIpc) is 2.69. The molecule has 0 N–H and O–H groups in total. The van der Waals surface area contributed by atoms with Crippen molar-refractivity contribution in [3.63, 3.8) is 0 Å². The van der Waals surface area contributed by atoms with Crippen LogP contribution in [-0.2, 0) is 12.8 Å². The average molecular weight is 397 g/mol. The molecule has 0 spiro atoms. The van der Waals surface area contributed by atoms with Crippen LogP contribution in [0.4, 0.5) is 0 Å². The van der Waals surface area contributed by atoms with Crippen LogP contribution in [0.15, 0.2) is 60.7 Å². The molecule has 0 fully saturated rings. The van der Waals surface area contributed by atoms with Crippen molar-refractivity contribution in [2.45, 2.75) is 72.6 Å². The molecule has 0 amide bonds. The van der Waals surface area contributed by atoms with Crippen molar-refractivity contribution in [1.29, 1.82) is 0 Å². The monoisotopic (exact) mass is 396 g/mol. The molecule has 0 radical (unpaired) electrons. The van der Waals surface area contributed by atoms with Crippen LogP contribution >= 0.6 is 0 Å². The van der Waals surface area contributed by atoms with Crippen molar-refractivity contribution < 1.29 is 9.47 Å². The number of ether oxygens (including phenoxy) is 2. The highest BCUT2D eigenvalue weighted by Gasteiger charge is 2.13. The third-order valence-electron chi connectivity index (χ3n) is 4.76. The van der Waals surface area contributed by atoms with Gasteiger partial charge in [0, 0.05) is 5.56 Å². The quantitative estimate of drug-likeness (QED) is 0.222. The van der Waals surface area contributed by atoms with Gasteiger partial charge in [-0.15, -0.1) is 0 Å². The summed E-state index contributed by atoms with van der Waals surface area (Å²) in [6, 6.07) is 4.36. The summed E-state index contributed by atoms with van der Waals surface area (Å²) in [4.78, 5) is 0. The van der Waals surface area contributed by atoms with Gasteiger partial charge in [0.2, 0.25) is 0 Å². The van der Waals surface area contributed by atoms with E-state index in [2.05, 4.69) is 65.1 Å². The molecule has 29 heavy (non-hydrogen) atoms. The molecule has 0 heterocycles.